The van der Waals surface area contributed by atoms with E-state index in [1.54, 1.807) is 32.4 Å². The highest BCUT2D eigenvalue weighted by Crippen LogP contribution is 2.31. The topological polar surface area (TPSA) is 38.8 Å². The molecule has 0 saturated heterocycles. The zero-order valence-corrected chi connectivity index (χ0v) is 15.1. The average Bonchev–Trinajstić information content (AvgIpc) is 2.62. The fourth-order valence-electron chi connectivity index (χ4n) is 3.47. The van der Waals surface area contributed by atoms with Crippen LogP contribution in [0.4, 0.5) is 0 Å². The van der Waals surface area contributed by atoms with Crippen LogP contribution in [0.2, 0.25) is 0 Å². The Balaban J connectivity index is 2.23. The first-order valence-electron chi connectivity index (χ1n) is 8.73. The van der Waals surface area contributed by atoms with Crippen molar-refractivity contribution in [2.45, 2.75) is 39.0 Å². The molecule has 0 atom stereocenters. The Bertz CT molecular complexity index is 551. The van der Waals surface area contributed by atoms with E-state index in [9.17, 15) is 4.79 Å². The fourth-order valence-corrected chi connectivity index (χ4v) is 3.47. The summed E-state index contributed by atoms with van der Waals surface area (Å²) in [6.07, 6.45) is 8.07. The van der Waals surface area contributed by atoms with Gasteiger partial charge in [0.15, 0.2) is 0 Å². The van der Waals surface area contributed by atoms with Gasteiger partial charge in [-0.05, 0) is 37.8 Å². The van der Waals surface area contributed by atoms with Crippen LogP contribution in [-0.4, -0.2) is 38.1 Å². The molecule has 0 bridgehead atoms. The largest absolute Gasteiger partial charge is 0.496 e. The Hall–Kier alpha value is -1.97. The third kappa shape index (κ3) is 4.31. The number of ether oxygens (including phenoxy) is 2. The minimum absolute atomic E-state index is 0.0112. The lowest BCUT2D eigenvalue weighted by Crippen LogP contribution is -2.36. The fraction of sp³-hybridized carbons (Fsp3) is 0.550. The Labute approximate surface area is 145 Å². The van der Waals surface area contributed by atoms with Gasteiger partial charge in [-0.3, -0.25) is 4.79 Å². The lowest BCUT2D eigenvalue weighted by Gasteiger charge is -2.29. The number of amides is 1. The molecule has 0 radical (unpaired) electrons. The zero-order chi connectivity index (χ0) is 17.5. The van der Waals surface area contributed by atoms with Crippen molar-refractivity contribution in [1.82, 2.24) is 4.90 Å². The smallest absolute Gasteiger partial charge is 0.254 e. The van der Waals surface area contributed by atoms with E-state index in [0.717, 1.165) is 12.1 Å². The van der Waals surface area contributed by atoms with Crippen LogP contribution in [0, 0.1) is 12.8 Å². The Morgan fingerprint density at radius 3 is 2.29 bits per heavy atom. The van der Waals surface area contributed by atoms with Gasteiger partial charge in [0, 0.05) is 24.2 Å². The summed E-state index contributed by atoms with van der Waals surface area (Å²) in [7, 11) is 3.22. The minimum atomic E-state index is 0.0112. The van der Waals surface area contributed by atoms with Crippen molar-refractivity contribution in [3.05, 3.63) is 35.9 Å². The molecule has 0 unspecified atom stereocenters. The van der Waals surface area contributed by atoms with Crippen molar-refractivity contribution in [2.75, 3.05) is 27.3 Å². The molecule has 4 heteroatoms. The van der Waals surface area contributed by atoms with Gasteiger partial charge in [-0.25, -0.2) is 0 Å². The summed E-state index contributed by atoms with van der Waals surface area (Å²) in [5.74, 6) is 1.96. The molecular weight excluding hydrogens is 302 g/mol. The zero-order valence-electron chi connectivity index (χ0n) is 15.1. The average molecular weight is 331 g/mol. The normalized spacial score (nSPS) is 15.0. The molecule has 0 aliphatic heterocycles. The van der Waals surface area contributed by atoms with Crippen molar-refractivity contribution < 1.29 is 14.3 Å². The molecule has 1 amide bonds. The number of methoxy groups -OCH3 is 2. The number of hydrogen-bond donors (Lipinski definition) is 0. The molecule has 2 rings (SSSR count). The summed E-state index contributed by atoms with van der Waals surface area (Å²) in [6.45, 7) is 7.09. The molecule has 0 N–H and O–H groups in total. The monoisotopic (exact) mass is 331 g/mol. The second-order valence-corrected chi connectivity index (χ2v) is 6.51. The van der Waals surface area contributed by atoms with Gasteiger partial charge in [0.25, 0.3) is 5.91 Å². The first kappa shape index (κ1) is 18.4. The van der Waals surface area contributed by atoms with Crippen molar-refractivity contribution in [3.8, 4) is 11.5 Å². The minimum Gasteiger partial charge on any atom is -0.496 e. The molecular formula is C20H29NO3. The van der Waals surface area contributed by atoms with Gasteiger partial charge in [0.2, 0.25) is 0 Å². The highest BCUT2D eigenvalue weighted by molar-refractivity contribution is 5.95. The number of carbonyl (C=O) groups excluding carboxylic acids is 1. The third-order valence-corrected chi connectivity index (χ3v) is 4.84. The molecule has 0 aromatic heterocycles. The third-order valence-electron chi connectivity index (χ3n) is 4.84. The lowest BCUT2D eigenvalue weighted by atomic mass is 9.89. The molecule has 1 saturated carbocycles. The predicted octanol–water partition coefficient (Wildman–Crippen LogP) is 4.22. The van der Waals surface area contributed by atoms with Crippen molar-refractivity contribution in [1.29, 1.82) is 0 Å². The maximum absolute atomic E-state index is 13.0. The first-order valence-corrected chi connectivity index (χ1v) is 8.73. The Morgan fingerprint density at radius 2 is 1.79 bits per heavy atom. The van der Waals surface area contributed by atoms with Crippen LogP contribution in [0.3, 0.4) is 0 Å². The summed E-state index contributed by atoms with van der Waals surface area (Å²) in [5, 5.41) is 0. The summed E-state index contributed by atoms with van der Waals surface area (Å²) in [6, 6.07) is 3.61. The molecule has 132 valence electrons. The number of carbonyl (C=O) groups is 1. The number of nitrogens with zero attached hydrogens (tertiary/aromatic N) is 1. The number of benzene rings is 1. The molecule has 1 aromatic carbocycles. The van der Waals surface area contributed by atoms with Crippen LogP contribution in [0.1, 0.15) is 48.0 Å². The standard InChI is InChI=1S/C20H29NO3/c1-5-11-21(14-16-9-7-6-8-10-16)20(22)17-12-18(23-3)15(2)19(13-17)24-4/h5,12-13,16H,1,6-11,14H2,2-4H3. The SMILES string of the molecule is C=CCN(CC1CCCCC1)C(=O)c1cc(OC)c(C)c(OC)c1. The molecule has 0 spiro atoms. The van der Waals surface area contributed by atoms with Crippen LogP contribution in [0.25, 0.3) is 0 Å². The van der Waals surface area contributed by atoms with E-state index in [-0.39, 0.29) is 5.91 Å². The number of hydrogen-bond acceptors (Lipinski definition) is 3. The predicted molar refractivity (Wildman–Crippen MR) is 97.0 cm³/mol. The van der Waals surface area contributed by atoms with E-state index >= 15 is 0 Å². The van der Waals surface area contributed by atoms with Gasteiger partial charge in [-0.2, -0.15) is 0 Å². The molecule has 24 heavy (non-hydrogen) atoms. The van der Waals surface area contributed by atoms with E-state index in [0.29, 0.717) is 29.5 Å². The maximum atomic E-state index is 13.0. The van der Waals surface area contributed by atoms with E-state index in [1.165, 1.54) is 32.1 Å². The van der Waals surface area contributed by atoms with Crippen LogP contribution in [-0.2, 0) is 0 Å². The molecule has 4 nitrogen and oxygen atoms in total. The van der Waals surface area contributed by atoms with E-state index in [2.05, 4.69) is 6.58 Å². The van der Waals surface area contributed by atoms with Gasteiger partial charge in [-0.15, -0.1) is 6.58 Å². The molecule has 1 aromatic rings. The van der Waals surface area contributed by atoms with Crippen molar-refractivity contribution in [3.63, 3.8) is 0 Å². The summed E-state index contributed by atoms with van der Waals surface area (Å²) in [5.41, 5.74) is 1.51. The van der Waals surface area contributed by atoms with Gasteiger partial charge in [-0.1, -0.05) is 25.3 Å². The van der Waals surface area contributed by atoms with Gasteiger partial charge in [0.1, 0.15) is 11.5 Å². The van der Waals surface area contributed by atoms with Crippen LogP contribution >= 0.6 is 0 Å². The van der Waals surface area contributed by atoms with Gasteiger partial charge >= 0.3 is 0 Å². The molecule has 1 aliphatic carbocycles. The first-order chi connectivity index (χ1) is 11.6. The summed E-state index contributed by atoms with van der Waals surface area (Å²) >= 11 is 0. The molecule has 0 heterocycles. The Kier molecular flexibility index (Phi) is 6.71. The second kappa shape index (κ2) is 8.76. The van der Waals surface area contributed by atoms with Gasteiger partial charge in [0.05, 0.1) is 14.2 Å². The van der Waals surface area contributed by atoms with E-state index in [4.69, 9.17) is 9.47 Å². The second-order valence-electron chi connectivity index (χ2n) is 6.51. The Morgan fingerprint density at radius 1 is 1.21 bits per heavy atom. The lowest BCUT2D eigenvalue weighted by molar-refractivity contribution is 0.0734. The van der Waals surface area contributed by atoms with E-state index in [1.807, 2.05) is 11.8 Å². The van der Waals surface area contributed by atoms with E-state index < -0.39 is 0 Å². The van der Waals surface area contributed by atoms with Crippen LogP contribution in [0.5, 0.6) is 11.5 Å². The number of rotatable bonds is 7. The van der Waals surface area contributed by atoms with Crippen molar-refractivity contribution in [2.24, 2.45) is 5.92 Å². The molecule has 1 fully saturated rings. The highest BCUT2D eigenvalue weighted by Gasteiger charge is 2.22. The van der Waals surface area contributed by atoms with Crippen LogP contribution < -0.4 is 9.47 Å². The van der Waals surface area contributed by atoms with Crippen LogP contribution in [0.15, 0.2) is 24.8 Å². The quantitative estimate of drug-likeness (QED) is 0.702. The van der Waals surface area contributed by atoms with Crippen molar-refractivity contribution >= 4 is 5.91 Å². The molecule has 1 aliphatic rings. The summed E-state index contributed by atoms with van der Waals surface area (Å²) < 4.78 is 10.8. The maximum Gasteiger partial charge on any atom is 0.254 e. The summed E-state index contributed by atoms with van der Waals surface area (Å²) in [4.78, 5) is 14.9. The highest BCUT2D eigenvalue weighted by atomic mass is 16.5. The van der Waals surface area contributed by atoms with Gasteiger partial charge < -0.3 is 14.4 Å².